The maximum absolute atomic E-state index is 11.9. The molecule has 2 N–H and O–H groups in total. The quantitative estimate of drug-likeness (QED) is 0.770. The second-order valence-electron chi connectivity index (χ2n) is 3.93. The fourth-order valence-corrected chi connectivity index (χ4v) is 1.77. The first-order valence-electron chi connectivity index (χ1n) is 5.36. The van der Waals surface area contributed by atoms with Crippen molar-refractivity contribution in [3.8, 4) is 0 Å². The van der Waals surface area contributed by atoms with Gasteiger partial charge in [0.1, 0.15) is 0 Å². The van der Waals surface area contributed by atoms with Crippen LogP contribution in [0.25, 0.3) is 0 Å². The lowest BCUT2D eigenvalue weighted by atomic mass is 10.1. The van der Waals surface area contributed by atoms with Crippen LogP contribution in [0.15, 0.2) is 24.3 Å². The Kier molecular flexibility index (Phi) is 2.75. The van der Waals surface area contributed by atoms with Crippen LogP contribution in [0.4, 0.5) is 0 Å². The molecular formula is C12H14N2O2. The smallest absolute Gasteiger partial charge is 0.261 e. The van der Waals surface area contributed by atoms with Gasteiger partial charge in [0.25, 0.3) is 11.8 Å². The lowest BCUT2D eigenvalue weighted by Gasteiger charge is -2.17. The predicted molar refractivity (Wildman–Crippen MR) is 60.1 cm³/mol. The van der Waals surface area contributed by atoms with Crippen LogP contribution in [0.1, 0.15) is 34.1 Å². The minimum Gasteiger partial charge on any atom is -0.326 e. The molecule has 1 heterocycles. The third-order valence-corrected chi connectivity index (χ3v) is 2.82. The van der Waals surface area contributed by atoms with Crippen molar-refractivity contribution in [1.82, 2.24) is 4.90 Å². The van der Waals surface area contributed by atoms with E-state index in [-0.39, 0.29) is 17.9 Å². The van der Waals surface area contributed by atoms with Crippen LogP contribution in [-0.4, -0.2) is 29.3 Å². The summed E-state index contributed by atoms with van der Waals surface area (Å²) < 4.78 is 0. The Labute approximate surface area is 94.0 Å². The van der Waals surface area contributed by atoms with Crippen molar-refractivity contribution in [3.05, 3.63) is 35.4 Å². The summed E-state index contributed by atoms with van der Waals surface area (Å²) in [5.74, 6) is -0.464. The summed E-state index contributed by atoms with van der Waals surface area (Å²) in [5, 5.41) is 0. The molecule has 1 aromatic carbocycles. The van der Waals surface area contributed by atoms with Crippen molar-refractivity contribution in [2.24, 2.45) is 5.73 Å². The number of hydrogen-bond donors (Lipinski definition) is 1. The van der Waals surface area contributed by atoms with Gasteiger partial charge in [-0.1, -0.05) is 19.1 Å². The van der Waals surface area contributed by atoms with E-state index in [0.29, 0.717) is 17.7 Å². The van der Waals surface area contributed by atoms with Gasteiger partial charge in [0.05, 0.1) is 11.1 Å². The first-order valence-corrected chi connectivity index (χ1v) is 5.36. The molecule has 4 nitrogen and oxygen atoms in total. The van der Waals surface area contributed by atoms with Gasteiger partial charge in [0, 0.05) is 12.6 Å². The highest BCUT2D eigenvalue weighted by atomic mass is 16.2. The molecule has 2 amide bonds. The third-order valence-electron chi connectivity index (χ3n) is 2.82. The van der Waals surface area contributed by atoms with Crippen LogP contribution in [-0.2, 0) is 0 Å². The summed E-state index contributed by atoms with van der Waals surface area (Å²) in [4.78, 5) is 25.1. The number of amides is 2. The van der Waals surface area contributed by atoms with Crippen molar-refractivity contribution in [1.29, 1.82) is 0 Å². The van der Waals surface area contributed by atoms with E-state index in [4.69, 9.17) is 5.73 Å². The lowest BCUT2D eigenvalue weighted by molar-refractivity contribution is 0.0644. The Balaban J connectivity index is 2.28. The highest BCUT2D eigenvalue weighted by Crippen LogP contribution is 2.22. The van der Waals surface area contributed by atoms with E-state index in [1.54, 1.807) is 24.3 Å². The molecule has 0 radical (unpaired) electrons. The average molecular weight is 218 g/mol. The zero-order valence-corrected chi connectivity index (χ0v) is 9.14. The first kappa shape index (κ1) is 10.8. The summed E-state index contributed by atoms with van der Waals surface area (Å²) >= 11 is 0. The minimum atomic E-state index is -0.232. The number of carbonyl (C=O) groups excluding carboxylic acids is 2. The number of imide groups is 1. The summed E-state index contributed by atoms with van der Waals surface area (Å²) in [7, 11) is 0. The third kappa shape index (κ3) is 1.61. The van der Waals surface area contributed by atoms with Gasteiger partial charge in [-0.2, -0.15) is 0 Å². The van der Waals surface area contributed by atoms with Crippen LogP contribution in [0, 0.1) is 0 Å². The van der Waals surface area contributed by atoms with E-state index < -0.39 is 0 Å². The monoisotopic (exact) mass is 218 g/mol. The largest absolute Gasteiger partial charge is 0.326 e. The van der Waals surface area contributed by atoms with Crippen LogP contribution in [0.2, 0.25) is 0 Å². The number of benzene rings is 1. The maximum Gasteiger partial charge on any atom is 0.261 e. The van der Waals surface area contributed by atoms with Gasteiger partial charge in [-0.15, -0.1) is 0 Å². The fraction of sp³-hybridized carbons (Fsp3) is 0.333. The molecule has 4 heteroatoms. The molecule has 0 fully saturated rings. The number of carbonyl (C=O) groups is 2. The Morgan fingerprint density at radius 1 is 1.19 bits per heavy atom. The van der Waals surface area contributed by atoms with E-state index in [2.05, 4.69) is 0 Å². The van der Waals surface area contributed by atoms with Crippen LogP contribution >= 0.6 is 0 Å². The summed E-state index contributed by atoms with van der Waals surface area (Å²) in [6, 6.07) is 6.71. The Hall–Kier alpha value is -1.68. The van der Waals surface area contributed by atoms with E-state index in [0.717, 1.165) is 6.42 Å². The first-order chi connectivity index (χ1) is 7.65. The SMILES string of the molecule is CCC(N)CN1C(=O)c2ccccc2C1=O. The molecule has 0 aromatic heterocycles. The number of rotatable bonds is 3. The molecule has 1 aromatic rings. The summed E-state index contributed by atoms with van der Waals surface area (Å²) in [6.45, 7) is 2.23. The molecule has 2 rings (SSSR count). The number of nitrogens with two attached hydrogens (primary N) is 1. The molecule has 84 valence electrons. The van der Waals surface area contributed by atoms with Gasteiger partial charge < -0.3 is 5.73 Å². The standard InChI is InChI=1S/C12H14N2O2/c1-2-8(13)7-14-11(15)9-5-3-4-6-10(9)12(14)16/h3-6,8H,2,7,13H2,1H3. The topological polar surface area (TPSA) is 63.4 Å². The van der Waals surface area contributed by atoms with Gasteiger partial charge >= 0.3 is 0 Å². The molecule has 0 aliphatic carbocycles. The van der Waals surface area contributed by atoms with Crippen molar-refractivity contribution in [2.45, 2.75) is 19.4 Å². The van der Waals surface area contributed by atoms with E-state index >= 15 is 0 Å². The summed E-state index contributed by atoms with van der Waals surface area (Å²) in [5.41, 5.74) is 6.73. The van der Waals surface area contributed by atoms with Crippen LogP contribution in [0.5, 0.6) is 0 Å². The highest BCUT2D eigenvalue weighted by Gasteiger charge is 2.35. The lowest BCUT2D eigenvalue weighted by Crippen LogP contribution is -2.40. The Morgan fingerprint density at radius 3 is 2.12 bits per heavy atom. The molecule has 0 saturated heterocycles. The molecular weight excluding hydrogens is 204 g/mol. The normalized spacial score (nSPS) is 16.5. The Bertz CT molecular complexity index is 407. The van der Waals surface area contributed by atoms with Crippen molar-refractivity contribution in [2.75, 3.05) is 6.54 Å². The van der Waals surface area contributed by atoms with Gasteiger partial charge in [0.2, 0.25) is 0 Å². The second-order valence-corrected chi connectivity index (χ2v) is 3.93. The number of hydrogen-bond acceptors (Lipinski definition) is 3. The van der Waals surface area contributed by atoms with Gasteiger partial charge in [0.15, 0.2) is 0 Å². The van der Waals surface area contributed by atoms with Crippen molar-refractivity contribution >= 4 is 11.8 Å². The van der Waals surface area contributed by atoms with Gasteiger partial charge in [-0.25, -0.2) is 0 Å². The molecule has 1 aliphatic heterocycles. The summed E-state index contributed by atoms with van der Waals surface area (Å²) in [6.07, 6.45) is 0.743. The molecule has 1 unspecified atom stereocenters. The van der Waals surface area contributed by atoms with E-state index in [1.165, 1.54) is 4.90 Å². The van der Waals surface area contributed by atoms with E-state index in [1.807, 2.05) is 6.92 Å². The maximum atomic E-state index is 11.9. The van der Waals surface area contributed by atoms with Crippen molar-refractivity contribution < 1.29 is 9.59 Å². The second kappa shape index (κ2) is 4.06. The van der Waals surface area contributed by atoms with E-state index in [9.17, 15) is 9.59 Å². The molecule has 0 spiro atoms. The number of nitrogens with zero attached hydrogens (tertiary/aromatic N) is 1. The molecule has 1 atom stereocenters. The zero-order valence-electron chi connectivity index (χ0n) is 9.14. The zero-order chi connectivity index (χ0) is 11.7. The van der Waals surface area contributed by atoms with Crippen molar-refractivity contribution in [3.63, 3.8) is 0 Å². The van der Waals surface area contributed by atoms with Gasteiger partial charge in [-0.3, -0.25) is 14.5 Å². The van der Waals surface area contributed by atoms with Gasteiger partial charge in [-0.05, 0) is 18.6 Å². The average Bonchev–Trinajstić information content (AvgIpc) is 2.55. The fourth-order valence-electron chi connectivity index (χ4n) is 1.77. The molecule has 0 bridgehead atoms. The van der Waals surface area contributed by atoms with Crippen LogP contribution < -0.4 is 5.73 Å². The molecule has 16 heavy (non-hydrogen) atoms. The predicted octanol–water partition coefficient (Wildman–Crippen LogP) is 1.02. The number of fused-ring (bicyclic) bond motifs is 1. The minimum absolute atomic E-state index is 0.151. The molecule has 0 saturated carbocycles. The highest BCUT2D eigenvalue weighted by molar-refractivity contribution is 6.21. The Morgan fingerprint density at radius 2 is 1.69 bits per heavy atom. The van der Waals surface area contributed by atoms with Crippen LogP contribution in [0.3, 0.4) is 0 Å². The molecule has 1 aliphatic rings.